The van der Waals surface area contributed by atoms with Gasteiger partial charge in [0.05, 0.1) is 0 Å². The van der Waals surface area contributed by atoms with Crippen molar-refractivity contribution in [3.05, 3.63) is 12.2 Å². The Balaban J connectivity index is 6.46. The van der Waals surface area contributed by atoms with Crippen molar-refractivity contribution in [2.45, 2.75) is 49.7 Å². The molecule has 0 aliphatic carbocycles. The third kappa shape index (κ3) is 6.76. The first-order chi connectivity index (χ1) is 12.9. The molecular weight excluding hydrogens is 466 g/mol. The molecule has 0 aromatic carbocycles. The Hall–Kier alpha value is -2.01. The monoisotopic (exact) mass is 480 g/mol. The van der Waals surface area contributed by atoms with E-state index in [2.05, 4.69) is 16.1 Å². The molecule has 0 spiro atoms. The Morgan fingerprint density at radius 3 is 1.73 bits per heavy atom. The van der Waals surface area contributed by atoms with Gasteiger partial charge < -0.3 is 19.3 Å². The van der Waals surface area contributed by atoms with E-state index in [4.69, 9.17) is 0 Å². The highest BCUT2D eigenvalue weighted by Crippen LogP contribution is 2.39. The quantitative estimate of drug-likeness (QED) is 0.194. The van der Waals surface area contributed by atoms with Gasteiger partial charge in [0.2, 0.25) is 0 Å². The summed E-state index contributed by atoms with van der Waals surface area (Å²) >= 11 is 0. The van der Waals surface area contributed by atoms with Gasteiger partial charge in [-0.1, -0.05) is 6.58 Å². The molecule has 8 nitrogen and oxygen atoms in total. The zero-order valence-corrected chi connectivity index (χ0v) is 16.0. The van der Waals surface area contributed by atoms with Crippen molar-refractivity contribution < 1.29 is 67.2 Å². The molecule has 0 aliphatic rings. The number of ether oxygens (including phenoxy) is 2. The van der Waals surface area contributed by atoms with Gasteiger partial charge in [0, 0.05) is 5.54 Å². The molecule has 0 saturated carbocycles. The highest BCUT2D eigenvalue weighted by molar-refractivity contribution is 7.86. The van der Waals surface area contributed by atoms with Gasteiger partial charge in [-0.15, -0.1) is 0 Å². The summed E-state index contributed by atoms with van der Waals surface area (Å²) in [6, 6.07) is 0. The Morgan fingerprint density at radius 1 is 1.00 bits per heavy atom. The molecule has 0 aliphatic heterocycles. The van der Waals surface area contributed by atoms with Crippen molar-refractivity contribution >= 4 is 22.0 Å². The summed E-state index contributed by atoms with van der Waals surface area (Å²) < 4.78 is 143. The van der Waals surface area contributed by atoms with Gasteiger partial charge in [-0.25, -0.2) is 13.2 Å². The van der Waals surface area contributed by atoms with Gasteiger partial charge in [-0.2, -0.15) is 35.1 Å². The molecule has 1 N–H and O–H groups in total. The average Bonchev–Trinajstić information content (AvgIpc) is 2.45. The molecule has 1 atom stereocenters. The zero-order chi connectivity index (χ0) is 24.6. The van der Waals surface area contributed by atoms with Crippen LogP contribution in [-0.4, -0.2) is 60.4 Å². The van der Waals surface area contributed by atoms with Crippen LogP contribution in [-0.2, 0) is 29.2 Å². The predicted molar refractivity (Wildman–Crippen MR) is 78.6 cm³/mol. The van der Waals surface area contributed by atoms with E-state index in [1.54, 1.807) is 0 Å². The largest absolute Gasteiger partial charge is 0.743 e. The Morgan fingerprint density at radius 2 is 1.43 bits per heavy atom. The van der Waals surface area contributed by atoms with E-state index in [1.807, 2.05) is 0 Å². The summed E-state index contributed by atoms with van der Waals surface area (Å²) in [4.78, 5) is 23.6. The first kappa shape index (κ1) is 28.0. The van der Waals surface area contributed by atoms with Crippen molar-refractivity contribution in [3.8, 4) is 0 Å². The van der Waals surface area contributed by atoms with Crippen LogP contribution in [0, 0.1) is 0 Å². The van der Waals surface area contributed by atoms with Crippen LogP contribution in [0.15, 0.2) is 12.2 Å². The molecule has 1 amide bonds. The van der Waals surface area contributed by atoms with Crippen LogP contribution in [0.2, 0.25) is 0 Å². The van der Waals surface area contributed by atoms with Gasteiger partial charge in [0.15, 0.2) is 10.1 Å². The maximum Gasteiger partial charge on any atom is 0.466 e. The van der Waals surface area contributed by atoms with Crippen molar-refractivity contribution in [1.82, 2.24) is 5.32 Å². The van der Waals surface area contributed by atoms with Crippen molar-refractivity contribution in [2.75, 3.05) is 6.61 Å². The minimum absolute atomic E-state index is 1.04. The lowest BCUT2D eigenvalue weighted by atomic mass is 10.1. The van der Waals surface area contributed by atoms with Gasteiger partial charge in [-0.3, -0.25) is 4.79 Å². The van der Waals surface area contributed by atoms with Crippen LogP contribution in [0.5, 0.6) is 0 Å². The standard InChI is InChI=1S/C13H15F8NO7S/c1-6(12(16,17)18)7(23)29-11(13(19,20)21,8(24)22-9(2,3)4)28-5-10(14,15)30(25,26)27/h1,5H2,2-4H3,(H,22,24)(H,25,26,27)/p-1. The van der Waals surface area contributed by atoms with E-state index < -0.39 is 63.1 Å². The number of amides is 1. The SMILES string of the molecule is C=C(C(=O)OC(OCC(F)(F)S(=O)(=O)[O-])(C(=O)NC(C)(C)C)C(F)(F)F)C(F)(F)F. The zero-order valence-electron chi connectivity index (χ0n) is 15.2. The summed E-state index contributed by atoms with van der Waals surface area (Å²) in [6.07, 6.45) is -12.0. The lowest BCUT2D eigenvalue weighted by molar-refractivity contribution is -0.353. The van der Waals surface area contributed by atoms with E-state index in [1.165, 1.54) is 5.32 Å². The second-order valence-corrected chi connectivity index (χ2v) is 8.07. The molecule has 0 fully saturated rings. The molecule has 0 aromatic heterocycles. The second-order valence-electron chi connectivity index (χ2n) is 6.56. The number of hydrogen-bond donors (Lipinski definition) is 1. The van der Waals surface area contributed by atoms with Crippen LogP contribution in [0.4, 0.5) is 35.1 Å². The molecule has 176 valence electrons. The van der Waals surface area contributed by atoms with Gasteiger partial charge in [0.25, 0.3) is 0 Å². The molecule has 0 saturated heterocycles. The fourth-order valence-corrected chi connectivity index (χ4v) is 1.60. The minimum Gasteiger partial charge on any atom is -0.743 e. The average molecular weight is 480 g/mol. The fourth-order valence-electron chi connectivity index (χ4n) is 1.40. The molecule has 0 rings (SSSR count). The summed E-state index contributed by atoms with van der Waals surface area (Å²) in [5, 5.41) is -4.10. The minimum atomic E-state index is -6.64. The van der Waals surface area contributed by atoms with E-state index in [-0.39, 0.29) is 0 Å². The van der Waals surface area contributed by atoms with Crippen LogP contribution in [0.3, 0.4) is 0 Å². The Bertz CT molecular complexity index is 798. The Kier molecular flexibility index (Phi) is 7.70. The van der Waals surface area contributed by atoms with Crippen LogP contribution in [0.25, 0.3) is 0 Å². The molecule has 0 heterocycles. The van der Waals surface area contributed by atoms with Gasteiger partial charge in [0.1, 0.15) is 12.2 Å². The second kappa shape index (κ2) is 8.26. The fraction of sp³-hybridized carbons (Fsp3) is 0.692. The molecule has 1 unspecified atom stereocenters. The lowest BCUT2D eigenvalue weighted by Gasteiger charge is -2.36. The van der Waals surface area contributed by atoms with Crippen LogP contribution < -0.4 is 5.32 Å². The summed E-state index contributed by atoms with van der Waals surface area (Å²) in [5.41, 5.74) is -4.19. The lowest BCUT2D eigenvalue weighted by Crippen LogP contribution is -2.65. The van der Waals surface area contributed by atoms with Gasteiger partial charge in [-0.05, 0) is 20.8 Å². The van der Waals surface area contributed by atoms with Crippen LogP contribution in [0.1, 0.15) is 20.8 Å². The highest BCUT2D eigenvalue weighted by atomic mass is 32.2. The van der Waals surface area contributed by atoms with Crippen molar-refractivity contribution in [2.24, 2.45) is 0 Å². The normalized spacial score (nSPS) is 15.9. The first-order valence-corrected chi connectivity index (χ1v) is 8.64. The maximum absolute atomic E-state index is 13.5. The number of carbonyl (C=O) groups excluding carboxylic acids is 2. The first-order valence-electron chi connectivity index (χ1n) is 7.23. The smallest absolute Gasteiger partial charge is 0.466 e. The maximum atomic E-state index is 13.5. The van der Waals surface area contributed by atoms with E-state index in [0.717, 1.165) is 20.8 Å². The molecular formula is C13H14F8NO7S-. The predicted octanol–water partition coefficient (Wildman–Crippen LogP) is 1.98. The molecule has 0 radical (unpaired) electrons. The summed E-state index contributed by atoms with van der Waals surface area (Å²) in [7, 11) is -6.64. The summed E-state index contributed by atoms with van der Waals surface area (Å²) in [6.45, 7) is 2.25. The number of esters is 1. The number of alkyl halides is 8. The number of halogens is 8. The highest BCUT2D eigenvalue weighted by Gasteiger charge is 2.68. The van der Waals surface area contributed by atoms with Crippen molar-refractivity contribution in [1.29, 1.82) is 0 Å². The van der Waals surface area contributed by atoms with Crippen molar-refractivity contribution in [3.63, 3.8) is 0 Å². The van der Waals surface area contributed by atoms with Crippen LogP contribution >= 0.6 is 0 Å². The third-order valence-corrected chi connectivity index (χ3v) is 3.64. The molecule has 0 aromatic rings. The topological polar surface area (TPSA) is 122 Å². The third-order valence-electron chi connectivity index (χ3n) is 2.79. The van der Waals surface area contributed by atoms with E-state index >= 15 is 0 Å². The number of rotatable bonds is 7. The number of carbonyl (C=O) groups is 2. The molecule has 17 heteroatoms. The number of nitrogens with one attached hydrogen (secondary N) is 1. The number of hydrogen-bond acceptors (Lipinski definition) is 7. The van der Waals surface area contributed by atoms with E-state index in [0.29, 0.717) is 0 Å². The van der Waals surface area contributed by atoms with Gasteiger partial charge >= 0.3 is 35.3 Å². The van der Waals surface area contributed by atoms with E-state index in [9.17, 15) is 57.7 Å². The summed E-state index contributed by atoms with van der Waals surface area (Å²) in [5.74, 6) is -10.7. The molecule has 30 heavy (non-hydrogen) atoms. The Labute approximate surface area is 163 Å². The molecule has 0 bridgehead atoms.